The molecule has 0 bridgehead atoms. The lowest BCUT2D eigenvalue weighted by atomic mass is 10.1. The Labute approximate surface area is 193 Å². The Morgan fingerprint density at radius 2 is 1.73 bits per heavy atom. The first-order chi connectivity index (χ1) is 16.0. The minimum atomic E-state index is -0.180. The van der Waals surface area contributed by atoms with Gasteiger partial charge < -0.3 is 14.8 Å². The number of nitrogens with one attached hydrogen (secondary N) is 1. The maximum atomic E-state index is 12.8. The fourth-order valence-electron chi connectivity index (χ4n) is 3.84. The number of benzene rings is 2. The molecule has 0 aliphatic carbocycles. The topological polar surface area (TPSA) is 77.8 Å². The van der Waals surface area contributed by atoms with Crippen molar-refractivity contribution in [2.45, 2.75) is 34.2 Å². The average molecular weight is 445 g/mol. The first kappa shape index (κ1) is 22.3. The number of carbonyl (C=O) groups excluding carboxylic acids is 1. The molecule has 33 heavy (non-hydrogen) atoms. The number of fused-ring (bicyclic) bond motifs is 1. The van der Waals surface area contributed by atoms with E-state index in [1.165, 1.54) is 0 Å². The van der Waals surface area contributed by atoms with E-state index < -0.39 is 0 Å². The van der Waals surface area contributed by atoms with Crippen LogP contribution in [0.3, 0.4) is 0 Å². The van der Waals surface area contributed by atoms with Gasteiger partial charge in [-0.3, -0.25) is 4.79 Å². The van der Waals surface area contributed by atoms with Gasteiger partial charge in [-0.2, -0.15) is 5.10 Å². The third kappa shape index (κ3) is 4.53. The predicted molar refractivity (Wildman–Crippen MR) is 128 cm³/mol. The highest BCUT2D eigenvalue weighted by Crippen LogP contribution is 2.35. The third-order valence-corrected chi connectivity index (χ3v) is 5.43. The van der Waals surface area contributed by atoms with Gasteiger partial charge in [0.05, 0.1) is 30.2 Å². The van der Waals surface area contributed by atoms with Gasteiger partial charge in [-0.15, -0.1) is 0 Å². The number of ether oxygens (including phenoxy) is 2. The molecule has 0 aliphatic rings. The van der Waals surface area contributed by atoms with Gasteiger partial charge in [0.2, 0.25) is 0 Å². The van der Waals surface area contributed by atoms with E-state index in [1.54, 1.807) is 10.7 Å². The monoisotopic (exact) mass is 444 g/mol. The summed E-state index contributed by atoms with van der Waals surface area (Å²) in [6, 6.07) is 15.7. The summed E-state index contributed by atoms with van der Waals surface area (Å²) in [5.74, 6) is 1.21. The Hall–Kier alpha value is -3.87. The van der Waals surface area contributed by atoms with Crippen LogP contribution in [0.4, 0.5) is 0 Å². The van der Waals surface area contributed by atoms with Crippen LogP contribution in [0, 0.1) is 13.8 Å². The van der Waals surface area contributed by atoms with Gasteiger partial charge in [0, 0.05) is 18.3 Å². The molecule has 0 unspecified atom stereocenters. The fourth-order valence-corrected chi connectivity index (χ4v) is 3.84. The molecule has 0 saturated heterocycles. The van der Waals surface area contributed by atoms with Crippen LogP contribution in [0.5, 0.6) is 11.5 Å². The minimum Gasteiger partial charge on any atom is -0.490 e. The zero-order chi connectivity index (χ0) is 23.4. The molecule has 7 nitrogen and oxygen atoms in total. The number of carbonyl (C=O) groups is 1. The fraction of sp³-hybridized carbons (Fsp3) is 0.269. The van der Waals surface area contributed by atoms with E-state index in [1.807, 2.05) is 76.2 Å². The summed E-state index contributed by atoms with van der Waals surface area (Å²) in [4.78, 5) is 17.5. The van der Waals surface area contributed by atoms with Crippen LogP contribution in [-0.2, 0) is 6.54 Å². The molecule has 0 saturated carbocycles. The quantitative estimate of drug-likeness (QED) is 0.425. The second kappa shape index (κ2) is 9.73. The van der Waals surface area contributed by atoms with Crippen molar-refractivity contribution in [3.8, 4) is 22.6 Å². The molecule has 0 radical (unpaired) electrons. The van der Waals surface area contributed by atoms with Crippen molar-refractivity contribution in [3.05, 3.63) is 77.2 Å². The molecule has 2 aromatic carbocycles. The van der Waals surface area contributed by atoms with Crippen molar-refractivity contribution in [2.75, 3.05) is 13.2 Å². The predicted octanol–water partition coefficient (Wildman–Crippen LogP) is 4.74. The number of aromatic nitrogens is 3. The molecule has 7 heteroatoms. The molecular weight excluding hydrogens is 416 g/mol. The van der Waals surface area contributed by atoms with Gasteiger partial charge in [-0.25, -0.2) is 9.50 Å². The van der Waals surface area contributed by atoms with Crippen LogP contribution < -0.4 is 14.8 Å². The van der Waals surface area contributed by atoms with Crippen LogP contribution in [0.25, 0.3) is 16.8 Å². The second-order valence-electron chi connectivity index (χ2n) is 7.65. The number of amides is 1. The van der Waals surface area contributed by atoms with E-state index in [0.717, 1.165) is 28.1 Å². The average Bonchev–Trinajstić information content (AvgIpc) is 3.16. The number of hydrogen-bond acceptors (Lipinski definition) is 5. The molecule has 1 N–H and O–H groups in total. The van der Waals surface area contributed by atoms with Gasteiger partial charge in [0.25, 0.3) is 5.91 Å². The summed E-state index contributed by atoms with van der Waals surface area (Å²) in [6.07, 6.45) is 1.62. The molecule has 0 aliphatic heterocycles. The van der Waals surface area contributed by atoms with Crippen LogP contribution in [0.2, 0.25) is 0 Å². The number of rotatable bonds is 8. The highest BCUT2D eigenvalue weighted by molar-refractivity contribution is 5.95. The Kier molecular flexibility index (Phi) is 6.58. The van der Waals surface area contributed by atoms with Gasteiger partial charge in [0.1, 0.15) is 0 Å². The molecule has 0 spiro atoms. The summed E-state index contributed by atoms with van der Waals surface area (Å²) in [7, 11) is 0. The molecule has 170 valence electrons. The number of nitrogens with zero attached hydrogens (tertiary/aromatic N) is 3. The summed E-state index contributed by atoms with van der Waals surface area (Å²) >= 11 is 0. The first-order valence-electron chi connectivity index (χ1n) is 11.1. The Balaban J connectivity index is 1.68. The van der Waals surface area contributed by atoms with Crippen molar-refractivity contribution in [3.63, 3.8) is 0 Å². The standard InChI is InChI=1S/C26H28N4O3/c1-5-32-22-13-12-20(14-23(22)33-6-2)24-17(3)29-30-18(4)21(16-27-25(24)30)26(31)28-15-19-10-8-7-9-11-19/h7-14,16H,5-6,15H2,1-4H3,(H,28,31). The Morgan fingerprint density at radius 1 is 1.00 bits per heavy atom. The summed E-state index contributed by atoms with van der Waals surface area (Å²) < 4.78 is 13.2. The van der Waals surface area contributed by atoms with Gasteiger partial charge in [-0.1, -0.05) is 36.4 Å². The van der Waals surface area contributed by atoms with Gasteiger partial charge >= 0.3 is 0 Å². The molecule has 0 fully saturated rings. The van der Waals surface area contributed by atoms with Crippen molar-refractivity contribution in [2.24, 2.45) is 0 Å². The van der Waals surface area contributed by atoms with E-state index >= 15 is 0 Å². The summed E-state index contributed by atoms with van der Waals surface area (Å²) in [5.41, 5.74) is 5.61. The van der Waals surface area contributed by atoms with Crippen LogP contribution in [0.1, 0.15) is 41.2 Å². The molecule has 2 aromatic heterocycles. The van der Waals surface area contributed by atoms with Gasteiger partial charge in [-0.05, 0) is 51.0 Å². The molecule has 4 rings (SSSR count). The summed E-state index contributed by atoms with van der Waals surface area (Å²) in [5, 5.41) is 7.65. The first-order valence-corrected chi connectivity index (χ1v) is 11.1. The second-order valence-corrected chi connectivity index (χ2v) is 7.65. The van der Waals surface area contributed by atoms with E-state index in [2.05, 4.69) is 15.4 Å². The molecule has 4 aromatic rings. The van der Waals surface area contributed by atoms with E-state index in [9.17, 15) is 4.79 Å². The van der Waals surface area contributed by atoms with Gasteiger partial charge in [0.15, 0.2) is 17.1 Å². The largest absolute Gasteiger partial charge is 0.490 e. The lowest BCUT2D eigenvalue weighted by Gasteiger charge is -2.12. The van der Waals surface area contributed by atoms with E-state index in [0.29, 0.717) is 42.5 Å². The molecule has 1 amide bonds. The van der Waals surface area contributed by atoms with Crippen molar-refractivity contribution >= 4 is 11.6 Å². The molecular formula is C26H28N4O3. The van der Waals surface area contributed by atoms with Crippen LogP contribution in [-0.4, -0.2) is 33.7 Å². The maximum Gasteiger partial charge on any atom is 0.254 e. The zero-order valence-corrected chi connectivity index (χ0v) is 19.4. The normalized spacial score (nSPS) is 10.9. The maximum absolute atomic E-state index is 12.8. The van der Waals surface area contributed by atoms with Crippen molar-refractivity contribution in [1.29, 1.82) is 0 Å². The highest BCUT2D eigenvalue weighted by Gasteiger charge is 2.20. The number of aryl methyl sites for hydroxylation is 2. The lowest BCUT2D eigenvalue weighted by Crippen LogP contribution is -2.24. The minimum absolute atomic E-state index is 0.180. The Morgan fingerprint density at radius 3 is 2.45 bits per heavy atom. The van der Waals surface area contributed by atoms with E-state index in [4.69, 9.17) is 9.47 Å². The SMILES string of the molecule is CCOc1ccc(-c2c(C)nn3c(C)c(C(=O)NCc4ccccc4)cnc23)cc1OCC. The smallest absolute Gasteiger partial charge is 0.254 e. The van der Waals surface area contributed by atoms with Crippen molar-refractivity contribution < 1.29 is 14.3 Å². The van der Waals surface area contributed by atoms with Crippen LogP contribution >= 0.6 is 0 Å². The Bertz CT molecular complexity index is 1280. The summed E-state index contributed by atoms with van der Waals surface area (Å²) in [6.45, 7) is 9.26. The zero-order valence-electron chi connectivity index (χ0n) is 19.4. The molecule has 2 heterocycles. The third-order valence-electron chi connectivity index (χ3n) is 5.43. The lowest BCUT2D eigenvalue weighted by molar-refractivity contribution is 0.0949. The number of hydrogen-bond donors (Lipinski definition) is 1. The van der Waals surface area contributed by atoms with Crippen LogP contribution in [0.15, 0.2) is 54.7 Å². The highest BCUT2D eigenvalue weighted by atomic mass is 16.5. The molecule has 0 atom stereocenters. The van der Waals surface area contributed by atoms with Crippen molar-refractivity contribution in [1.82, 2.24) is 19.9 Å². The van der Waals surface area contributed by atoms with E-state index in [-0.39, 0.29) is 5.91 Å².